The number of amides is 1. The Bertz CT molecular complexity index is 912. The molecule has 0 aliphatic carbocycles. The van der Waals surface area contributed by atoms with Crippen LogP contribution in [0.2, 0.25) is 0 Å². The van der Waals surface area contributed by atoms with Crippen LogP contribution in [0.3, 0.4) is 0 Å². The van der Waals surface area contributed by atoms with Crippen molar-refractivity contribution in [3.63, 3.8) is 0 Å². The number of carbonyl (C=O) groups is 1. The van der Waals surface area contributed by atoms with E-state index in [0.717, 1.165) is 16.2 Å². The highest BCUT2D eigenvalue weighted by Gasteiger charge is 2.18. The normalized spacial score (nSPS) is 12.1. The monoisotopic (exact) mass is 414 g/mol. The molecule has 0 unspecified atom stereocenters. The number of hydrogen-bond acceptors (Lipinski definition) is 4. The minimum Gasteiger partial charge on any atom is -0.350 e. The maximum atomic E-state index is 13.6. The maximum absolute atomic E-state index is 13.6. The van der Waals surface area contributed by atoms with Gasteiger partial charge in [0.15, 0.2) is 0 Å². The first-order chi connectivity index (χ1) is 13.5. The predicted molar refractivity (Wildman–Crippen MR) is 115 cm³/mol. The Balaban J connectivity index is 1.68. The van der Waals surface area contributed by atoms with Gasteiger partial charge in [-0.25, -0.2) is 4.39 Å². The van der Waals surface area contributed by atoms with Crippen LogP contribution < -0.4 is 5.32 Å². The van der Waals surface area contributed by atoms with Gasteiger partial charge in [0.05, 0.1) is 11.6 Å². The van der Waals surface area contributed by atoms with Crippen molar-refractivity contribution < 1.29 is 9.18 Å². The lowest BCUT2D eigenvalue weighted by Crippen LogP contribution is -2.34. The number of nitrogens with one attached hydrogen (secondary N) is 1. The van der Waals surface area contributed by atoms with E-state index in [2.05, 4.69) is 16.8 Å². The smallest absolute Gasteiger partial charge is 0.252 e. The van der Waals surface area contributed by atoms with Crippen LogP contribution in [-0.4, -0.2) is 31.4 Å². The lowest BCUT2D eigenvalue weighted by atomic mass is 10.1. The van der Waals surface area contributed by atoms with Gasteiger partial charge in [-0.05, 0) is 55.4 Å². The molecule has 1 amide bonds. The summed E-state index contributed by atoms with van der Waals surface area (Å²) in [6, 6.07) is 18.2. The zero-order chi connectivity index (χ0) is 19.9. The molecule has 3 rings (SSSR count). The number of thioether (sulfide) groups is 1. The van der Waals surface area contributed by atoms with E-state index in [1.54, 1.807) is 29.2 Å². The van der Waals surface area contributed by atoms with Crippen molar-refractivity contribution in [3.8, 4) is 0 Å². The molecule has 2 aromatic carbocycles. The molecule has 0 aliphatic heterocycles. The van der Waals surface area contributed by atoms with E-state index in [9.17, 15) is 9.18 Å². The molecule has 1 atom stereocenters. The summed E-state index contributed by atoms with van der Waals surface area (Å²) in [5, 5.41) is 5.08. The van der Waals surface area contributed by atoms with Crippen molar-refractivity contribution in [2.45, 2.75) is 16.7 Å². The molecule has 1 heterocycles. The minimum atomic E-state index is -0.272. The van der Waals surface area contributed by atoms with E-state index >= 15 is 0 Å². The molecule has 0 spiro atoms. The predicted octanol–water partition coefficient (Wildman–Crippen LogP) is 5.21. The highest BCUT2D eigenvalue weighted by atomic mass is 32.2. The van der Waals surface area contributed by atoms with Crippen molar-refractivity contribution in [2.24, 2.45) is 0 Å². The van der Waals surface area contributed by atoms with Gasteiger partial charge in [0.25, 0.3) is 5.91 Å². The van der Waals surface area contributed by atoms with Crippen LogP contribution in [0.15, 0.2) is 70.9 Å². The molecular weight excluding hydrogens is 391 g/mol. The number of nitrogens with zero attached hydrogens (tertiary/aromatic N) is 1. The Morgan fingerprint density at radius 3 is 2.68 bits per heavy atom. The number of benzene rings is 2. The largest absolute Gasteiger partial charge is 0.350 e. The molecule has 0 radical (unpaired) electrons. The fraction of sp³-hybridized carbons (Fsp3) is 0.227. The van der Waals surface area contributed by atoms with Gasteiger partial charge in [0.2, 0.25) is 0 Å². The van der Waals surface area contributed by atoms with E-state index in [1.165, 1.54) is 17.0 Å². The van der Waals surface area contributed by atoms with Crippen LogP contribution in [0.5, 0.6) is 0 Å². The van der Waals surface area contributed by atoms with Crippen LogP contribution in [0, 0.1) is 5.82 Å². The molecule has 1 aromatic heterocycles. The van der Waals surface area contributed by atoms with Crippen molar-refractivity contribution in [3.05, 3.63) is 87.9 Å². The standard InChI is InChI=1S/C22H23FN2OS2/c1-25(2)20(16-7-5-8-17(23)13-16)14-24-22(26)19-10-3-4-11-21(19)28-15-18-9-6-12-27-18/h3-13,20H,14-15H2,1-2H3,(H,24,26)/t20-/m0/s1. The Kier molecular flexibility index (Phi) is 7.25. The fourth-order valence-electron chi connectivity index (χ4n) is 2.92. The maximum Gasteiger partial charge on any atom is 0.252 e. The van der Waals surface area contributed by atoms with Crippen molar-refractivity contribution in [2.75, 3.05) is 20.6 Å². The summed E-state index contributed by atoms with van der Waals surface area (Å²) >= 11 is 3.38. The van der Waals surface area contributed by atoms with E-state index < -0.39 is 0 Å². The lowest BCUT2D eigenvalue weighted by molar-refractivity contribution is 0.0939. The van der Waals surface area contributed by atoms with Crippen molar-refractivity contribution >= 4 is 29.0 Å². The molecule has 3 aromatic rings. The summed E-state index contributed by atoms with van der Waals surface area (Å²) in [7, 11) is 3.85. The van der Waals surface area contributed by atoms with E-state index in [4.69, 9.17) is 0 Å². The topological polar surface area (TPSA) is 32.3 Å². The molecule has 3 nitrogen and oxygen atoms in total. The summed E-state index contributed by atoms with van der Waals surface area (Å²) in [5.41, 5.74) is 1.51. The van der Waals surface area contributed by atoms with Gasteiger partial charge in [0.1, 0.15) is 5.82 Å². The second kappa shape index (κ2) is 9.87. The third kappa shape index (κ3) is 5.44. The van der Waals surface area contributed by atoms with Crippen molar-refractivity contribution in [1.82, 2.24) is 10.2 Å². The molecule has 1 N–H and O–H groups in total. The summed E-state index contributed by atoms with van der Waals surface area (Å²) in [5.74, 6) is 0.453. The zero-order valence-corrected chi connectivity index (χ0v) is 17.5. The number of rotatable bonds is 8. The minimum absolute atomic E-state index is 0.106. The fourth-order valence-corrected chi connectivity index (χ4v) is 4.74. The molecule has 6 heteroatoms. The van der Waals surface area contributed by atoms with Gasteiger partial charge >= 0.3 is 0 Å². The first kappa shape index (κ1) is 20.6. The van der Waals surface area contributed by atoms with Gasteiger partial charge in [-0.3, -0.25) is 4.79 Å². The number of carbonyl (C=O) groups excluding carboxylic acids is 1. The molecule has 0 bridgehead atoms. The SMILES string of the molecule is CN(C)[C@@H](CNC(=O)c1ccccc1SCc1cccs1)c1cccc(F)c1. The van der Waals surface area contributed by atoms with Crippen LogP contribution in [0.4, 0.5) is 4.39 Å². The quantitative estimate of drug-likeness (QED) is 0.514. The van der Waals surface area contributed by atoms with E-state index in [-0.39, 0.29) is 17.8 Å². The first-order valence-corrected chi connectivity index (χ1v) is 10.9. The molecule has 146 valence electrons. The van der Waals surface area contributed by atoms with Gasteiger partial charge < -0.3 is 10.2 Å². The Morgan fingerprint density at radius 2 is 1.96 bits per heavy atom. The highest BCUT2D eigenvalue weighted by molar-refractivity contribution is 7.98. The summed E-state index contributed by atoms with van der Waals surface area (Å²) in [6.07, 6.45) is 0. The third-order valence-electron chi connectivity index (χ3n) is 4.39. The molecule has 0 saturated heterocycles. The van der Waals surface area contributed by atoms with Gasteiger partial charge in [0, 0.05) is 22.1 Å². The van der Waals surface area contributed by atoms with Crippen LogP contribution in [0.25, 0.3) is 0 Å². The van der Waals surface area contributed by atoms with Crippen molar-refractivity contribution in [1.29, 1.82) is 0 Å². The number of likely N-dealkylation sites (N-methyl/N-ethyl adjacent to an activating group) is 1. The van der Waals surface area contributed by atoms with Gasteiger partial charge in [-0.1, -0.05) is 30.3 Å². The summed E-state index contributed by atoms with van der Waals surface area (Å²) in [4.78, 5) is 17.1. The second-order valence-electron chi connectivity index (χ2n) is 6.61. The summed E-state index contributed by atoms with van der Waals surface area (Å²) < 4.78 is 13.6. The highest BCUT2D eigenvalue weighted by Crippen LogP contribution is 2.28. The van der Waals surface area contributed by atoms with E-state index in [0.29, 0.717) is 12.1 Å². The molecule has 0 aliphatic rings. The Hall–Kier alpha value is -2.15. The Morgan fingerprint density at radius 1 is 1.14 bits per heavy atom. The second-order valence-corrected chi connectivity index (χ2v) is 8.66. The number of thiophene rings is 1. The van der Waals surface area contributed by atoms with Gasteiger partial charge in [-0.15, -0.1) is 23.1 Å². The number of hydrogen-bond donors (Lipinski definition) is 1. The van der Waals surface area contributed by atoms with E-state index in [1.807, 2.05) is 55.4 Å². The molecule has 28 heavy (non-hydrogen) atoms. The lowest BCUT2D eigenvalue weighted by Gasteiger charge is -2.25. The third-order valence-corrected chi connectivity index (χ3v) is 6.58. The molecule has 0 fully saturated rings. The molecular formula is C22H23FN2OS2. The van der Waals surface area contributed by atoms with Gasteiger partial charge in [-0.2, -0.15) is 0 Å². The molecule has 0 saturated carbocycles. The Labute approximate surface area is 173 Å². The average molecular weight is 415 g/mol. The number of halogens is 1. The zero-order valence-electron chi connectivity index (χ0n) is 15.9. The average Bonchev–Trinajstić information content (AvgIpc) is 3.20. The van der Waals surface area contributed by atoms with Crippen LogP contribution in [-0.2, 0) is 5.75 Å². The summed E-state index contributed by atoms with van der Waals surface area (Å²) in [6.45, 7) is 0.402. The first-order valence-electron chi connectivity index (χ1n) is 8.99. The van der Waals surface area contributed by atoms with Crippen LogP contribution in [0.1, 0.15) is 26.8 Å². The van der Waals surface area contributed by atoms with Crippen LogP contribution >= 0.6 is 23.1 Å².